The van der Waals surface area contributed by atoms with Crippen molar-refractivity contribution in [1.29, 1.82) is 0 Å². The second kappa shape index (κ2) is 5.51. The molecule has 72 valence electrons. The van der Waals surface area contributed by atoms with Crippen molar-refractivity contribution in [3.8, 4) is 0 Å². The van der Waals surface area contributed by atoms with Gasteiger partial charge in [0.15, 0.2) is 0 Å². The molecule has 2 N–H and O–H groups in total. The quantitative estimate of drug-likeness (QED) is 0.582. The summed E-state index contributed by atoms with van der Waals surface area (Å²) >= 11 is 0. The maximum Gasteiger partial charge on any atom is 0.0555 e. The third kappa shape index (κ3) is 3.52. The molecule has 1 fully saturated rings. The Kier molecular flexibility index (Phi) is 4.58. The predicted octanol–water partition coefficient (Wildman–Crippen LogP) is -0.0899. The zero-order chi connectivity index (χ0) is 8.81. The van der Waals surface area contributed by atoms with E-state index in [0.717, 1.165) is 19.0 Å². The predicted molar refractivity (Wildman–Crippen MR) is 50.2 cm³/mol. The van der Waals surface area contributed by atoms with Gasteiger partial charge >= 0.3 is 0 Å². The summed E-state index contributed by atoms with van der Waals surface area (Å²) in [7, 11) is 2.18. The smallest absolute Gasteiger partial charge is 0.0555 e. The van der Waals surface area contributed by atoms with Crippen molar-refractivity contribution in [2.45, 2.75) is 12.8 Å². The van der Waals surface area contributed by atoms with Crippen molar-refractivity contribution in [3.05, 3.63) is 0 Å². The number of aliphatic hydroxyl groups is 1. The molecule has 1 rings (SSSR count). The second-order valence-electron chi connectivity index (χ2n) is 3.70. The number of likely N-dealkylation sites (tertiary alicyclic amines) is 1. The molecule has 0 amide bonds. The Morgan fingerprint density at radius 3 is 3.08 bits per heavy atom. The third-order valence-electron chi connectivity index (χ3n) is 2.44. The maximum atomic E-state index is 8.57. The summed E-state index contributed by atoms with van der Waals surface area (Å²) in [6.07, 6.45) is 2.66. The molecule has 1 heterocycles. The Labute approximate surface area is 74.8 Å². The lowest BCUT2D eigenvalue weighted by atomic mass is 9.98. The fourth-order valence-electron chi connectivity index (χ4n) is 1.83. The van der Waals surface area contributed by atoms with Gasteiger partial charge in [-0.05, 0) is 38.9 Å². The highest BCUT2D eigenvalue weighted by atomic mass is 16.3. The zero-order valence-electron chi connectivity index (χ0n) is 7.92. The molecule has 0 radical (unpaired) electrons. The topological polar surface area (TPSA) is 35.5 Å². The van der Waals surface area contributed by atoms with E-state index >= 15 is 0 Å². The van der Waals surface area contributed by atoms with Gasteiger partial charge in [-0.1, -0.05) is 0 Å². The van der Waals surface area contributed by atoms with Crippen LogP contribution in [-0.4, -0.2) is 49.8 Å². The average Bonchev–Trinajstić information content (AvgIpc) is 2.05. The fraction of sp³-hybridized carbons (Fsp3) is 1.00. The fourth-order valence-corrected chi connectivity index (χ4v) is 1.83. The summed E-state index contributed by atoms with van der Waals surface area (Å²) in [6, 6.07) is 0. The lowest BCUT2D eigenvalue weighted by molar-refractivity contribution is 0.202. The van der Waals surface area contributed by atoms with E-state index < -0.39 is 0 Å². The minimum absolute atomic E-state index is 0.253. The van der Waals surface area contributed by atoms with Crippen molar-refractivity contribution in [2.24, 2.45) is 5.92 Å². The lowest BCUT2D eigenvalue weighted by Crippen LogP contribution is -2.37. The minimum atomic E-state index is 0.253. The van der Waals surface area contributed by atoms with Crippen LogP contribution in [0.15, 0.2) is 0 Å². The highest BCUT2D eigenvalue weighted by molar-refractivity contribution is 4.72. The van der Waals surface area contributed by atoms with Gasteiger partial charge in [0, 0.05) is 13.1 Å². The van der Waals surface area contributed by atoms with Crippen molar-refractivity contribution >= 4 is 0 Å². The molecule has 0 saturated carbocycles. The molecular formula is C9H20N2O. The molecule has 1 aliphatic heterocycles. The van der Waals surface area contributed by atoms with Gasteiger partial charge in [0.05, 0.1) is 6.61 Å². The first-order valence-electron chi connectivity index (χ1n) is 4.83. The Morgan fingerprint density at radius 2 is 2.42 bits per heavy atom. The van der Waals surface area contributed by atoms with Crippen molar-refractivity contribution in [1.82, 2.24) is 10.2 Å². The van der Waals surface area contributed by atoms with Gasteiger partial charge in [-0.15, -0.1) is 0 Å². The first kappa shape index (κ1) is 9.96. The van der Waals surface area contributed by atoms with Crippen molar-refractivity contribution < 1.29 is 5.11 Å². The van der Waals surface area contributed by atoms with Crippen LogP contribution in [0.2, 0.25) is 0 Å². The molecule has 3 nitrogen and oxygen atoms in total. The Bertz CT molecular complexity index is 119. The van der Waals surface area contributed by atoms with Gasteiger partial charge in [-0.25, -0.2) is 0 Å². The van der Waals surface area contributed by atoms with E-state index in [1.54, 1.807) is 0 Å². The van der Waals surface area contributed by atoms with E-state index in [1.165, 1.54) is 25.9 Å². The number of nitrogens with one attached hydrogen (secondary N) is 1. The van der Waals surface area contributed by atoms with Gasteiger partial charge in [0.2, 0.25) is 0 Å². The van der Waals surface area contributed by atoms with E-state index in [9.17, 15) is 0 Å². The molecule has 0 bridgehead atoms. The number of hydrogen-bond donors (Lipinski definition) is 2. The molecule has 0 aromatic carbocycles. The Hall–Kier alpha value is -0.120. The summed E-state index contributed by atoms with van der Waals surface area (Å²) < 4.78 is 0. The molecule has 1 atom stereocenters. The highest BCUT2D eigenvalue weighted by Crippen LogP contribution is 2.13. The van der Waals surface area contributed by atoms with Crippen LogP contribution in [0.3, 0.4) is 0 Å². The highest BCUT2D eigenvalue weighted by Gasteiger charge is 2.15. The van der Waals surface area contributed by atoms with Crippen LogP contribution in [0.5, 0.6) is 0 Å². The van der Waals surface area contributed by atoms with Crippen molar-refractivity contribution in [2.75, 3.05) is 39.8 Å². The lowest BCUT2D eigenvalue weighted by Gasteiger charge is -2.29. The van der Waals surface area contributed by atoms with Gasteiger partial charge in [-0.2, -0.15) is 0 Å². The van der Waals surface area contributed by atoms with E-state index in [4.69, 9.17) is 5.11 Å². The number of piperidine rings is 1. The van der Waals surface area contributed by atoms with Crippen LogP contribution in [0.25, 0.3) is 0 Å². The molecule has 1 aliphatic rings. The summed E-state index contributed by atoms with van der Waals surface area (Å²) in [5.74, 6) is 0.787. The van der Waals surface area contributed by atoms with Crippen LogP contribution in [0, 0.1) is 5.92 Å². The van der Waals surface area contributed by atoms with Gasteiger partial charge in [-0.3, -0.25) is 0 Å². The van der Waals surface area contributed by atoms with Crippen LogP contribution >= 0.6 is 0 Å². The Balaban J connectivity index is 2.06. The van der Waals surface area contributed by atoms with Crippen LogP contribution < -0.4 is 5.32 Å². The summed E-state index contributed by atoms with van der Waals surface area (Å²) in [4.78, 5) is 2.38. The SMILES string of the molecule is CN1CCC[C@@H](CNCCO)C1. The van der Waals surface area contributed by atoms with E-state index in [2.05, 4.69) is 17.3 Å². The van der Waals surface area contributed by atoms with Crippen LogP contribution in [0.1, 0.15) is 12.8 Å². The normalized spacial score (nSPS) is 26.0. The zero-order valence-corrected chi connectivity index (χ0v) is 7.92. The molecule has 0 aliphatic carbocycles. The van der Waals surface area contributed by atoms with Gasteiger partial charge in [0.1, 0.15) is 0 Å². The molecule has 0 unspecified atom stereocenters. The molecular weight excluding hydrogens is 152 g/mol. The second-order valence-corrected chi connectivity index (χ2v) is 3.70. The molecule has 12 heavy (non-hydrogen) atoms. The van der Waals surface area contributed by atoms with E-state index in [-0.39, 0.29) is 6.61 Å². The minimum Gasteiger partial charge on any atom is -0.395 e. The molecule has 0 aromatic rings. The van der Waals surface area contributed by atoms with Crippen molar-refractivity contribution in [3.63, 3.8) is 0 Å². The number of aliphatic hydroxyl groups excluding tert-OH is 1. The Morgan fingerprint density at radius 1 is 1.58 bits per heavy atom. The summed E-state index contributed by atoms with van der Waals surface area (Å²) in [5, 5.41) is 11.8. The summed E-state index contributed by atoms with van der Waals surface area (Å²) in [5.41, 5.74) is 0. The van der Waals surface area contributed by atoms with Gasteiger partial charge < -0.3 is 15.3 Å². The largest absolute Gasteiger partial charge is 0.395 e. The van der Waals surface area contributed by atoms with Crippen LogP contribution in [0.4, 0.5) is 0 Å². The average molecular weight is 172 g/mol. The van der Waals surface area contributed by atoms with E-state index in [1.807, 2.05) is 0 Å². The summed E-state index contributed by atoms with van der Waals surface area (Å²) in [6.45, 7) is 4.50. The first-order chi connectivity index (χ1) is 5.83. The standard InChI is InChI=1S/C9H20N2O/c1-11-5-2-3-9(8-11)7-10-4-6-12/h9-10,12H,2-8H2,1H3/t9-/m0/s1. The molecule has 3 heteroatoms. The maximum absolute atomic E-state index is 8.57. The number of hydrogen-bond acceptors (Lipinski definition) is 3. The number of nitrogens with zero attached hydrogens (tertiary/aromatic N) is 1. The first-order valence-corrected chi connectivity index (χ1v) is 4.83. The molecule has 1 saturated heterocycles. The van der Waals surface area contributed by atoms with E-state index in [0.29, 0.717) is 0 Å². The molecule has 0 aromatic heterocycles. The van der Waals surface area contributed by atoms with Gasteiger partial charge in [0.25, 0.3) is 0 Å². The number of rotatable bonds is 4. The monoisotopic (exact) mass is 172 g/mol. The third-order valence-corrected chi connectivity index (χ3v) is 2.44. The van der Waals surface area contributed by atoms with Crippen LogP contribution in [-0.2, 0) is 0 Å². The molecule has 0 spiro atoms.